The van der Waals surface area contributed by atoms with E-state index in [9.17, 15) is 9.59 Å². The molecule has 0 aliphatic rings. The predicted molar refractivity (Wildman–Crippen MR) is 118 cm³/mol. The molecule has 0 heterocycles. The molecular formula is C25H34O4. The monoisotopic (exact) mass is 398 g/mol. The number of rotatable bonds is 15. The summed E-state index contributed by atoms with van der Waals surface area (Å²) >= 11 is 0. The van der Waals surface area contributed by atoms with Gasteiger partial charge in [0.05, 0.1) is 0 Å². The molecule has 0 amide bonds. The van der Waals surface area contributed by atoms with E-state index >= 15 is 0 Å². The molecule has 1 rings (SSSR count). The van der Waals surface area contributed by atoms with Crippen molar-refractivity contribution in [3.63, 3.8) is 0 Å². The largest absolute Gasteiger partial charge is 0.478 e. The van der Waals surface area contributed by atoms with E-state index < -0.39 is 5.97 Å². The van der Waals surface area contributed by atoms with Crippen molar-refractivity contribution in [2.24, 2.45) is 0 Å². The maximum Gasteiger partial charge on any atom is 0.339 e. The van der Waals surface area contributed by atoms with Crippen molar-refractivity contribution in [1.82, 2.24) is 0 Å². The Kier molecular flexibility index (Phi) is 13.8. The summed E-state index contributed by atoms with van der Waals surface area (Å²) in [6, 6.07) is 6.21. The fourth-order valence-corrected chi connectivity index (χ4v) is 2.79. The van der Waals surface area contributed by atoms with E-state index in [1.807, 2.05) is 0 Å². The maximum atomic E-state index is 11.9. The molecule has 29 heavy (non-hydrogen) atoms. The highest BCUT2D eigenvalue weighted by atomic mass is 16.5. The molecule has 0 fully saturated rings. The first-order chi connectivity index (χ1) is 14.1. The van der Waals surface area contributed by atoms with E-state index in [0.717, 1.165) is 57.8 Å². The Morgan fingerprint density at radius 3 is 2.21 bits per heavy atom. The number of carboxylic acid groups (broad SMARTS) is 1. The maximum absolute atomic E-state index is 11.9. The number of ether oxygens (including phenoxy) is 1. The lowest BCUT2D eigenvalue weighted by atomic mass is 10.1. The summed E-state index contributed by atoms with van der Waals surface area (Å²) < 4.78 is 5.19. The number of hydrogen-bond donors (Lipinski definition) is 1. The van der Waals surface area contributed by atoms with Gasteiger partial charge in [-0.1, -0.05) is 74.8 Å². The summed E-state index contributed by atoms with van der Waals surface area (Å²) in [5, 5.41) is 9.09. The molecular weight excluding hydrogens is 364 g/mol. The van der Waals surface area contributed by atoms with Gasteiger partial charge in [0.15, 0.2) is 0 Å². The van der Waals surface area contributed by atoms with Crippen LogP contribution in [0.1, 0.15) is 81.5 Å². The summed E-state index contributed by atoms with van der Waals surface area (Å²) in [6.07, 6.45) is 22.9. The number of carboxylic acids is 1. The highest BCUT2D eigenvalue weighted by Gasteiger charge is 2.13. The molecule has 0 saturated heterocycles. The third-order valence-corrected chi connectivity index (χ3v) is 4.37. The number of carbonyl (C=O) groups excluding carboxylic acids is 1. The van der Waals surface area contributed by atoms with Crippen molar-refractivity contribution >= 4 is 11.9 Å². The van der Waals surface area contributed by atoms with E-state index in [4.69, 9.17) is 9.84 Å². The minimum absolute atomic E-state index is 0.0118. The fraction of sp³-hybridized carbons (Fsp3) is 0.440. The number of unbranched alkanes of at least 4 members (excludes halogenated alkanes) is 5. The van der Waals surface area contributed by atoms with Gasteiger partial charge in [0.2, 0.25) is 0 Å². The first kappa shape index (κ1) is 24.4. The van der Waals surface area contributed by atoms with E-state index in [2.05, 4.69) is 43.4 Å². The molecule has 1 aromatic carbocycles. The average molecular weight is 399 g/mol. The molecule has 0 radical (unpaired) electrons. The quantitative estimate of drug-likeness (QED) is 0.151. The van der Waals surface area contributed by atoms with Gasteiger partial charge in [0, 0.05) is 6.42 Å². The Morgan fingerprint density at radius 1 is 0.862 bits per heavy atom. The van der Waals surface area contributed by atoms with Crippen molar-refractivity contribution < 1.29 is 19.4 Å². The minimum atomic E-state index is -1.09. The normalized spacial score (nSPS) is 11.6. The van der Waals surface area contributed by atoms with Gasteiger partial charge in [-0.05, 0) is 50.7 Å². The van der Waals surface area contributed by atoms with Crippen molar-refractivity contribution in [2.45, 2.75) is 71.1 Å². The molecule has 4 heteroatoms. The second-order valence-electron chi connectivity index (χ2n) is 6.88. The molecule has 0 atom stereocenters. The minimum Gasteiger partial charge on any atom is -0.478 e. The zero-order chi connectivity index (χ0) is 21.2. The Bertz CT molecular complexity index is 686. The third kappa shape index (κ3) is 12.5. The number of para-hydroxylation sites is 1. The first-order valence-electron chi connectivity index (χ1n) is 10.6. The van der Waals surface area contributed by atoms with Crippen LogP contribution in [0.15, 0.2) is 60.7 Å². The molecule has 0 spiro atoms. The van der Waals surface area contributed by atoms with Crippen LogP contribution in [-0.2, 0) is 4.79 Å². The number of aromatic carboxylic acids is 1. The Morgan fingerprint density at radius 2 is 1.48 bits per heavy atom. The smallest absolute Gasteiger partial charge is 0.339 e. The van der Waals surface area contributed by atoms with Crippen LogP contribution in [0.5, 0.6) is 5.75 Å². The molecule has 158 valence electrons. The van der Waals surface area contributed by atoms with Crippen molar-refractivity contribution in [2.75, 3.05) is 0 Å². The van der Waals surface area contributed by atoms with Gasteiger partial charge in [0.1, 0.15) is 11.3 Å². The number of benzene rings is 1. The van der Waals surface area contributed by atoms with Crippen molar-refractivity contribution in [3.8, 4) is 5.75 Å². The second kappa shape index (κ2) is 16.3. The van der Waals surface area contributed by atoms with Gasteiger partial charge < -0.3 is 9.84 Å². The number of esters is 1. The SMILES string of the molecule is CC/C=C/C/C=C\C/C=C/CCCCCCCC(=O)Oc1ccccc1C(=O)O. The summed E-state index contributed by atoms with van der Waals surface area (Å²) in [7, 11) is 0. The summed E-state index contributed by atoms with van der Waals surface area (Å²) in [5.74, 6) is -1.36. The first-order valence-corrected chi connectivity index (χ1v) is 10.6. The van der Waals surface area contributed by atoms with Gasteiger partial charge in [-0.25, -0.2) is 4.79 Å². The molecule has 1 N–H and O–H groups in total. The summed E-state index contributed by atoms with van der Waals surface area (Å²) in [5.41, 5.74) is 0.0118. The van der Waals surface area contributed by atoms with Crippen LogP contribution in [0, 0.1) is 0 Å². The van der Waals surface area contributed by atoms with E-state index in [1.165, 1.54) is 12.1 Å². The molecule has 0 bridgehead atoms. The topological polar surface area (TPSA) is 63.6 Å². The highest BCUT2D eigenvalue weighted by molar-refractivity contribution is 5.91. The van der Waals surface area contributed by atoms with Crippen LogP contribution in [-0.4, -0.2) is 17.0 Å². The molecule has 0 aromatic heterocycles. The molecule has 4 nitrogen and oxygen atoms in total. The van der Waals surface area contributed by atoms with E-state index in [-0.39, 0.29) is 17.3 Å². The van der Waals surface area contributed by atoms with Gasteiger partial charge in [-0.2, -0.15) is 0 Å². The zero-order valence-corrected chi connectivity index (χ0v) is 17.5. The number of hydrogen-bond acceptors (Lipinski definition) is 3. The Balaban J connectivity index is 2.03. The Labute approximate surface area is 175 Å². The average Bonchev–Trinajstić information content (AvgIpc) is 2.71. The summed E-state index contributed by atoms with van der Waals surface area (Å²) in [4.78, 5) is 23.0. The molecule has 0 aliphatic heterocycles. The third-order valence-electron chi connectivity index (χ3n) is 4.37. The molecule has 0 saturated carbocycles. The number of allylic oxidation sites excluding steroid dienone is 6. The van der Waals surface area contributed by atoms with Gasteiger partial charge in [-0.3, -0.25) is 4.79 Å². The van der Waals surface area contributed by atoms with E-state index in [0.29, 0.717) is 6.42 Å². The lowest BCUT2D eigenvalue weighted by molar-refractivity contribution is -0.134. The standard InChI is InChI=1S/C25H34O4/c1-2-3-4-5-6-7-8-9-10-11-12-13-14-15-16-21-24(26)29-23-20-18-17-19-22(23)25(27)28/h3-4,6-7,9-10,17-20H,2,5,8,11-16,21H2,1H3,(H,27,28)/b4-3+,7-6-,10-9+. The molecule has 0 unspecified atom stereocenters. The van der Waals surface area contributed by atoms with Crippen molar-refractivity contribution in [1.29, 1.82) is 0 Å². The van der Waals surface area contributed by atoms with Gasteiger partial charge >= 0.3 is 11.9 Å². The lowest BCUT2D eigenvalue weighted by Crippen LogP contribution is -2.10. The fourth-order valence-electron chi connectivity index (χ4n) is 2.79. The van der Waals surface area contributed by atoms with Crippen molar-refractivity contribution in [3.05, 3.63) is 66.3 Å². The van der Waals surface area contributed by atoms with Crippen LogP contribution in [0.25, 0.3) is 0 Å². The van der Waals surface area contributed by atoms with Gasteiger partial charge in [0.25, 0.3) is 0 Å². The van der Waals surface area contributed by atoms with Crippen LogP contribution >= 0.6 is 0 Å². The van der Waals surface area contributed by atoms with Gasteiger partial charge in [-0.15, -0.1) is 0 Å². The van der Waals surface area contributed by atoms with Crippen LogP contribution in [0.4, 0.5) is 0 Å². The second-order valence-corrected chi connectivity index (χ2v) is 6.88. The molecule has 1 aromatic rings. The lowest BCUT2D eigenvalue weighted by Gasteiger charge is -2.07. The zero-order valence-electron chi connectivity index (χ0n) is 17.5. The summed E-state index contributed by atoms with van der Waals surface area (Å²) in [6.45, 7) is 2.14. The van der Waals surface area contributed by atoms with Crippen LogP contribution < -0.4 is 4.74 Å². The highest BCUT2D eigenvalue weighted by Crippen LogP contribution is 2.19. The van der Waals surface area contributed by atoms with Crippen LogP contribution in [0.2, 0.25) is 0 Å². The Hall–Kier alpha value is -2.62. The van der Waals surface area contributed by atoms with E-state index in [1.54, 1.807) is 12.1 Å². The van der Waals surface area contributed by atoms with Crippen LogP contribution in [0.3, 0.4) is 0 Å². The molecule has 0 aliphatic carbocycles. The predicted octanol–water partition coefficient (Wildman–Crippen LogP) is 6.88. The number of carbonyl (C=O) groups is 2.